The molecule has 0 spiro atoms. The summed E-state index contributed by atoms with van der Waals surface area (Å²) >= 11 is 0. The minimum atomic E-state index is -0.709. The third kappa shape index (κ3) is 5.48. The molecule has 1 heterocycles. The number of nitrogens with one attached hydrogen (secondary N) is 2. The predicted octanol–water partition coefficient (Wildman–Crippen LogP) is 4.47. The van der Waals surface area contributed by atoms with E-state index in [1.807, 2.05) is 6.92 Å². The van der Waals surface area contributed by atoms with Gasteiger partial charge in [-0.25, -0.2) is 9.59 Å². The summed E-state index contributed by atoms with van der Waals surface area (Å²) in [4.78, 5) is 50.2. The van der Waals surface area contributed by atoms with Gasteiger partial charge >= 0.3 is 12.0 Å². The number of nitrogens with zero attached hydrogens (tertiary/aromatic N) is 2. The zero-order valence-corrected chi connectivity index (χ0v) is 20.1. The minimum Gasteiger partial charge on any atom is -0.463 e. The number of carbonyl (C=O) groups excluding carboxylic acids is 3. The summed E-state index contributed by atoms with van der Waals surface area (Å²) < 4.78 is 5.25. The first-order chi connectivity index (χ1) is 16.7. The number of nitro groups is 1. The van der Waals surface area contributed by atoms with Crippen LogP contribution in [0.4, 0.5) is 16.2 Å². The summed E-state index contributed by atoms with van der Waals surface area (Å²) in [6, 6.07) is 9.93. The third-order valence-corrected chi connectivity index (χ3v) is 5.71. The number of urea groups is 1. The smallest absolute Gasteiger partial charge is 0.338 e. The average molecular weight is 481 g/mol. The topological polar surface area (TPSA) is 131 Å². The van der Waals surface area contributed by atoms with E-state index in [9.17, 15) is 24.5 Å². The van der Waals surface area contributed by atoms with Crippen LogP contribution >= 0.6 is 0 Å². The van der Waals surface area contributed by atoms with Gasteiger partial charge < -0.3 is 15.4 Å². The summed E-state index contributed by atoms with van der Waals surface area (Å²) in [7, 11) is 0. The lowest BCUT2D eigenvalue weighted by Gasteiger charge is -2.35. The van der Waals surface area contributed by atoms with Crippen LogP contribution in [-0.2, 0) is 9.53 Å². The van der Waals surface area contributed by atoms with Crippen LogP contribution in [0.15, 0.2) is 53.7 Å². The predicted molar refractivity (Wildman–Crippen MR) is 130 cm³/mol. The van der Waals surface area contributed by atoms with E-state index < -0.39 is 22.8 Å². The number of aryl methyl sites for hydroxylation is 1. The molecule has 0 aliphatic carbocycles. The van der Waals surface area contributed by atoms with Gasteiger partial charge in [0.25, 0.3) is 11.6 Å². The normalized spacial score (nSPS) is 15.5. The standard InChI is InChI=1S/C25H28N4O6/c1-5-13-28-16(4)21(24(31)35-6-2)22(27-25(28)32)17-9-11-19(12-10-17)26-23(30)18-8-7-15(3)20(14-18)29(33)34/h7-12,14,22H,5-6,13H2,1-4H3,(H,26,30)(H,27,32). The van der Waals surface area contributed by atoms with Crippen LogP contribution in [-0.4, -0.2) is 40.9 Å². The van der Waals surface area contributed by atoms with Gasteiger partial charge in [-0.15, -0.1) is 0 Å². The maximum atomic E-state index is 12.8. The van der Waals surface area contributed by atoms with Crippen molar-refractivity contribution < 1.29 is 24.0 Å². The molecule has 0 aromatic heterocycles. The van der Waals surface area contributed by atoms with Gasteiger partial charge in [0.05, 0.1) is 23.1 Å². The molecular formula is C25H28N4O6. The molecule has 35 heavy (non-hydrogen) atoms. The molecule has 10 heteroatoms. The lowest BCUT2D eigenvalue weighted by Crippen LogP contribution is -2.48. The highest BCUT2D eigenvalue weighted by molar-refractivity contribution is 6.04. The number of hydrogen-bond donors (Lipinski definition) is 2. The first-order valence-corrected chi connectivity index (χ1v) is 11.3. The number of hydrogen-bond acceptors (Lipinski definition) is 6. The van der Waals surface area contributed by atoms with Gasteiger partial charge in [0.1, 0.15) is 0 Å². The second kappa shape index (κ2) is 10.8. The molecule has 1 aliphatic heterocycles. The first kappa shape index (κ1) is 25.4. The molecule has 0 bridgehead atoms. The van der Waals surface area contributed by atoms with Crippen LogP contribution in [0.25, 0.3) is 0 Å². The molecule has 0 saturated heterocycles. The Morgan fingerprint density at radius 2 is 1.83 bits per heavy atom. The van der Waals surface area contributed by atoms with Crippen molar-refractivity contribution in [1.29, 1.82) is 0 Å². The van der Waals surface area contributed by atoms with E-state index in [-0.39, 0.29) is 23.9 Å². The Morgan fingerprint density at radius 3 is 2.43 bits per heavy atom. The molecule has 1 aliphatic rings. The number of benzene rings is 2. The first-order valence-electron chi connectivity index (χ1n) is 11.3. The fourth-order valence-electron chi connectivity index (χ4n) is 3.91. The summed E-state index contributed by atoms with van der Waals surface area (Å²) in [5.74, 6) is -1.00. The number of carbonyl (C=O) groups is 3. The molecule has 0 radical (unpaired) electrons. The number of amides is 3. The number of allylic oxidation sites excluding steroid dienone is 1. The Hall–Kier alpha value is -4.21. The van der Waals surface area contributed by atoms with E-state index in [1.165, 1.54) is 23.1 Å². The van der Waals surface area contributed by atoms with E-state index >= 15 is 0 Å². The van der Waals surface area contributed by atoms with E-state index in [0.717, 1.165) is 6.42 Å². The monoisotopic (exact) mass is 480 g/mol. The zero-order chi connectivity index (χ0) is 25.7. The number of esters is 1. The lowest BCUT2D eigenvalue weighted by atomic mass is 9.94. The van der Waals surface area contributed by atoms with Gasteiger partial charge in [0.2, 0.25) is 0 Å². The Morgan fingerprint density at radius 1 is 1.14 bits per heavy atom. The fraction of sp³-hybridized carbons (Fsp3) is 0.320. The molecule has 0 saturated carbocycles. The van der Waals surface area contributed by atoms with Crippen molar-refractivity contribution >= 4 is 29.3 Å². The zero-order valence-electron chi connectivity index (χ0n) is 20.1. The van der Waals surface area contributed by atoms with Crippen LogP contribution in [0.2, 0.25) is 0 Å². The highest BCUT2D eigenvalue weighted by Gasteiger charge is 2.36. The Kier molecular flexibility index (Phi) is 7.85. The Labute approximate surface area is 203 Å². The molecule has 1 unspecified atom stereocenters. The van der Waals surface area contributed by atoms with Gasteiger partial charge in [-0.2, -0.15) is 0 Å². The fourth-order valence-corrected chi connectivity index (χ4v) is 3.91. The van der Waals surface area contributed by atoms with E-state index in [0.29, 0.717) is 34.6 Å². The summed E-state index contributed by atoms with van der Waals surface area (Å²) in [5, 5.41) is 16.7. The van der Waals surface area contributed by atoms with Crippen molar-refractivity contribution in [3.63, 3.8) is 0 Å². The Balaban J connectivity index is 1.86. The van der Waals surface area contributed by atoms with Gasteiger partial charge in [-0.1, -0.05) is 25.1 Å². The van der Waals surface area contributed by atoms with E-state index in [1.54, 1.807) is 45.0 Å². The SMILES string of the molecule is CCCN1C(=O)NC(c2ccc(NC(=O)c3ccc(C)c([N+](=O)[O-])c3)cc2)C(C(=O)OCC)=C1C. The molecular weight excluding hydrogens is 452 g/mol. The van der Waals surface area contributed by atoms with Crippen LogP contribution < -0.4 is 10.6 Å². The Bertz CT molecular complexity index is 1190. The van der Waals surface area contributed by atoms with Crippen LogP contribution in [0, 0.1) is 17.0 Å². The van der Waals surface area contributed by atoms with Crippen molar-refractivity contribution in [2.75, 3.05) is 18.5 Å². The van der Waals surface area contributed by atoms with Crippen molar-refractivity contribution in [2.24, 2.45) is 0 Å². The third-order valence-electron chi connectivity index (χ3n) is 5.71. The molecule has 3 amide bonds. The largest absolute Gasteiger partial charge is 0.463 e. The van der Waals surface area contributed by atoms with E-state index in [4.69, 9.17) is 4.74 Å². The van der Waals surface area contributed by atoms with Gasteiger partial charge in [0, 0.05) is 35.1 Å². The van der Waals surface area contributed by atoms with Crippen LogP contribution in [0.5, 0.6) is 0 Å². The van der Waals surface area contributed by atoms with Crippen molar-refractivity contribution in [2.45, 2.75) is 40.2 Å². The van der Waals surface area contributed by atoms with Crippen LogP contribution in [0.1, 0.15) is 54.7 Å². The maximum Gasteiger partial charge on any atom is 0.338 e. The minimum absolute atomic E-state index is 0.133. The molecule has 1 atom stereocenters. The molecule has 2 aromatic rings. The van der Waals surface area contributed by atoms with Crippen molar-refractivity contribution in [1.82, 2.24) is 10.2 Å². The molecule has 0 fully saturated rings. The average Bonchev–Trinajstić information content (AvgIpc) is 2.82. The van der Waals surface area contributed by atoms with Gasteiger partial charge in [0.15, 0.2) is 0 Å². The molecule has 2 aromatic carbocycles. The van der Waals surface area contributed by atoms with E-state index in [2.05, 4.69) is 10.6 Å². The second-order valence-electron chi connectivity index (χ2n) is 8.09. The van der Waals surface area contributed by atoms with Gasteiger partial charge in [-0.05, 0) is 51.0 Å². The number of nitro benzene ring substituents is 1. The molecule has 184 valence electrons. The quantitative estimate of drug-likeness (QED) is 0.326. The number of ether oxygens (including phenoxy) is 1. The summed E-state index contributed by atoms with van der Waals surface area (Å²) in [6.45, 7) is 7.65. The molecule has 10 nitrogen and oxygen atoms in total. The summed E-state index contributed by atoms with van der Waals surface area (Å²) in [5.41, 5.74) is 2.47. The lowest BCUT2D eigenvalue weighted by molar-refractivity contribution is -0.385. The summed E-state index contributed by atoms with van der Waals surface area (Å²) in [6.07, 6.45) is 0.726. The highest BCUT2D eigenvalue weighted by Crippen LogP contribution is 2.32. The van der Waals surface area contributed by atoms with Crippen molar-refractivity contribution in [3.05, 3.63) is 80.5 Å². The van der Waals surface area contributed by atoms with Gasteiger partial charge in [-0.3, -0.25) is 19.8 Å². The second-order valence-corrected chi connectivity index (χ2v) is 8.09. The number of rotatable bonds is 8. The molecule has 3 rings (SSSR count). The highest BCUT2D eigenvalue weighted by atomic mass is 16.6. The maximum absolute atomic E-state index is 12.8. The number of anilines is 1. The van der Waals surface area contributed by atoms with Crippen LogP contribution in [0.3, 0.4) is 0 Å². The molecule has 2 N–H and O–H groups in total. The van der Waals surface area contributed by atoms with Crippen molar-refractivity contribution in [3.8, 4) is 0 Å².